The van der Waals surface area contributed by atoms with E-state index in [2.05, 4.69) is 5.32 Å². The second-order valence-electron chi connectivity index (χ2n) is 5.22. The Morgan fingerprint density at radius 3 is 2.44 bits per heavy atom. The summed E-state index contributed by atoms with van der Waals surface area (Å²) in [5.41, 5.74) is 0.667. The largest absolute Gasteiger partial charge is 0.506 e. The molecule has 0 saturated heterocycles. The van der Waals surface area contributed by atoms with E-state index in [0.29, 0.717) is 11.4 Å². The fraction of sp³-hybridized carbons (Fsp3) is 0.462. The van der Waals surface area contributed by atoms with Crippen molar-refractivity contribution in [1.29, 1.82) is 0 Å². The number of anilines is 2. The number of rotatable bonds is 2. The highest BCUT2D eigenvalue weighted by molar-refractivity contribution is 5.86. The van der Waals surface area contributed by atoms with Crippen LogP contribution in [0.4, 0.5) is 16.2 Å². The van der Waals surface area contributed by atoms with E-state index in [-0.39, 0.29) is 5.75 Å². The van der Waals surface area contributed by atoms with E-state index in [1.54, 1.807) is 37.8 Å². The first-order valence-electron chi connectivity index (χ1n) is 5.69. The quantitative estimate of drug-likeness (QED) is 0.794. The third-order valence-electron chi connectivity index (χ3n) is 2.10. The molecule has 0 aliphatic carbocycles. The molecule has 0 unspecified atom stereocenters. The molecule has 1 rings (SSSR count). The molecule has 100 valence electrons. The molecule has 0 bridgehead atoms. The first-order valence-corrected chi connectivity index (χ1v) is 5.69. The zero-order valence-corrected chi connectivity index (χ0v) is 11.4. The Kier molecular flexibility index (Phi) is 4.06. The van der Waals surface area contributed by atoms with Crippen molar-refractivity contribution in [2.45, 2.75) is 26.4 Å². The number of hydrogen-bond acceptors (Lipinski definition) is 4. The molecule has 0 aliphatic heterocycles. The number of aromatic hydroxyl groups is 1. The van der Waals surface area contributed by atoms with Crippen LogP contribution < -0.4 is 10.2 Å². The van der Waals surface area contributed by atoms with E-state index in [0.717, 1.165) is 0 Å². The number of carbonyl (C=O) groups is 1. The molecule has 1 aromatic rings. The van der Waals surface area contributed by atoms with Crippen molar-refractivity contribution in [1.82, 2.24) is 0 Å². The van der Waals surface area contributed by atoms with E-state index >= 15 is 0 Å². The molecule has 0 atom stereocenters. The fourth-order valence-electron chi connectivity index (χ4n) is 1.38. The van der Waals surface area contributed by atoms with Crippen molar-refractivity contribution in [2.24, 2.45) is 0 Å². The number of hydrogen-bond donors (Lipinski definition) is 2. The summed E-state index contributed by atoms with van der Waals surface area (Å²) in [4.78, 5) is 13.3. The molecule has 1 aromatic carbocycles. The summed E-state index contributed by atoms with van der Waals surface area (Å²) >= 11 is 0. The summed E-state index contributed by atoms with van der Waals surface area (Å²) in [6.45, 7) is 5.40. The van der Waals surface area contributed by atoms with Gasteiger partial charge < -0.3 is 14.7 Å². The summed E-state index contributed by atoms with van der Waals surface area (Å²) in [6.07, 6.45) is -0.516. The Morgan fingerprint density at radius 1 is 1.33 bits per heavy atom. The van der Waals surface area contributed by atoms with Gasteiger partial charge in [0.15, 0.2) is 0 Å². The van der Waals surface area contributed by atoms with Gasteiger partial charge in [-0.15, -0.1) is 0 Å². The number of ether oxygens (including phenoxy) is 1. The van der Waals surface area contributed by atoms with Gasteiger partial charge in [0.2, 0.25) is 0 Å². The lowest BCUT2D eigenvalue weighted by molar-refractivity contribution is 0.0636. The van der Waals surface area contributed by atoms with Crippen molar-refractivity contribution in [2.75, 3.05) is 24.3 Å². The first kappa shape index (κ1) is 14.2. The van der Waals surface area contributed by atoms with E-state index in [1.165, 1.54) is 6.07 Å². The Bertz CT molecular complexity index is 436. The minimum Gasteiger partial charge on any atom is -0.506 e. The Hall–Kier alpha value is -1.91. The molecule has 0 spiro atoms. The van der Waals surface area contributed by atoms with Gasteiger partial charge in [-0.2, -0.15) is 0 Å². The van der Waals surface area contributed by atoms with Crippen molar-refractivity contribution in [3.05, 3.63) is 18.2 Å². The normalized spacial score (nSPS) is 10.9. The lowest BCUT2D eigenvalue weighted by Crippen LogP contribution is -2.27. The second-order valence-corrected chi connectivity index (χ2v) is 5.22. The zero-order valence-electron chi connectivity index (χ0n) is 11.4. The predicted octanol–water partition coefficient (Wildman–Crippen LogP) is 2.81. The standard InChI is InChI=1S/C13H20N2O3/c1-13(2,3)18-12(17)14-9-6-7-11(16)10(8-9)15(4)5/h6-8,16H,1-5H3,(H,14,17). The maximum Gasteiger partial charge on any atom is 0.412 e. The van der Waals surface area contributed by atoms with Gasteiger partial charge in [0.05, 0.1) is 5.69 Å². The number of phenols is 1. The molecular formula is C13H20N2O3. The van der Waals surface area contributed by atoms with Crippen molar-refractivity contribution >= 4 is 17.5 Å². The monoisotopic (exact) mass is 252 g/mol. The molecule has 5 heteroatoms. The average molecular weight is 252 g/mol. The van der Waals surface area contributed by atoms with Crippen LogP contribution in [0, 0.1) is 0 Å². The third-order valence-corrected chi connectivity index (χ3v) is 2.10. The lowest BCUT2D eigenvalue weighted by Gasteiger charge is -2.20. The summed E-state index contributed by atoms with van der Waals surface area (Å²) in [5, 5.41) is 12.3. The fourth-order valence-corrected chi connectivity index (χ4v) is 1.38. The third kappa shape index (κ3) is 4.16. The van der Waals surface area contributed by atoms with Crippen LogP contribution in [0.5, 0.6) is 5.75 Å². The number of amides is 1. The SMILES string of the molecule is CN(C)c1cc(NC(=O)OC(C)(C)C)ccc1O. The molecule has 0 fully saturated rings. The molecule has 0 radical (unpaired) electrons. The predicted molar refractivity (Wildman–Crippen MR) is 72.3 cm³/mol. The molecule has 0 aromatic heterocycles. The summed E-state index contributed by atoms with van der Waals surface area (Å²) in [7, 11) is 3.62. The molecule has 0 aliphatic rings. The highest BCUT2D eigenvalue weighted by Gasteiger charge is 2.16. The number of nitrogens with zero attached hydrogens (tertiary/aromatic N) is 1. The number of benzene rings is 1. The Morgan fingerprint density at radius 2 is 1.94 bits per heavy atom. The van der Waals surface area contributed by atoms with Gasteiger partial charge in [0.1, 0.15) is 11.4 Å². The van der Waals surface area contributed by atoms with Crippen LogP contribution in [0.2, 0.25) is 0 Å². The van der Waals surface area contributed by atoms with Crippen LogP contribution in [-0.2, 0) is 4.74 Å². The summed E-state index contributed by atoms with van der Waals surface area (Å²) < 4.78 is 5.15. The Balaban J connectivity index is 2.80. The number of phenolic OH excluding ortho intramolecular Hbond substituents is 1. The van der Waals surface area contributed by atoms with Crippen LogP contribution in [0.3, 0.4) is 0 Å². The molecular weight excluding hydrogens is 232 g/mol. The van der Waals surface area contributed by atoms with Gasteiger partial charge in [-0.1, -0.05) is 0 Å². The topological polar surface area (TPSA) is 61.8 Å². The van der Waals surface area contributed by atoms with Crippen LogP contribution >= 0.6 is 0 Å². The van der Waals surface area contributed by atoms with E-state index in [9.17, 15) is 9.90 Å². The highest BCUT2D eigenvalue weighted by Crippen LogP contribution is 2.28. The van der Waals surface area contributed by atoms with E-state index < -0.39 is 11.7 Å². The maximum atomic E-state index is 11.6. The van der Waals surface area contributed by atoms with Gasteiger partial charge in [-0.25, -0.2) is 4.79 Å². The maximum absolute atomic E-state index is 11.6. The number of nitrogens with one attached hydrogen (secondary N) is 1. The lowest BCUT2D eigenvalue weighted by atomic mass is 10.2. The van der Waals surface area contributed by atoms with Crippen molar-refractivity contribution < 1.29 is 14.6 Å². The average Bonchev–Trinajstić information content (AvgIpc) is 2.17. The summed E-state index contributed by atoms with van der Waals surface area (Å²) in [5.74, 6) is 0.162. The van der Waals surface area contributed by atoms with Gasteiger partial charge in [-0.05, 0) is 39.0 Å². The van der Waals surface area contributed by atoms with E-state index in [4.69, 9.17) is 4.74 Å². The van der Waals surface area contributed by atoms with Crippen molar-refractivity contribution in [3.63, 3.8) is 0 Å². The zero-order chi connectivity index (χ0) is 13.9. The first-order chi connectivity index (χ1) is 8.19. The van der Waals surface area contributed by atoms with E-state index in [1.807, 2.05) is 14.1 Å². The van der Waals surface area contributed by atoms with Crippen LogP contribution in [0.1, 0.15) is 20.8 Å². The molecule has 0 saturated carbocycles. The smallest absolute Gasteiger partial charge is 0.412 e. The minimum atomic E-state index is -0.536. The number of carbonyl (C=O) groups excluding carboxylic acids is 1. The second kappa shape index (κ2) is 5.16. The molecule has 1 amide bonds. The summed E-state index contributed by atoms with van der Waals surface area (Å²) in [6, 6.07) is 4.83. The van der Waals surface area contributed by atoms with Crippen molar-refractivity contribution in [3.8, 4) is 5.75 Å². The Labute approximate surface area is 107 Å². The van der Waals surface area contributed by atoms with Crippen LogP contribution in [-0.4, -0.2) is 30.9 Å². The molecule has 18 heavy (non-hydrogen) atoms. The highest BCUT2D eigenvalue weighted by atomic mass is 16.6. The van der Waals surface area contributed by atoms with Gasteiger partial charge in [-0.3, -0.25) is 5.32 Å². The molecule has 5 nitrogen and oxygen atoms in total. The van der Waals surface area contributed by atoms with Crippen LogP contribution in [0.25, 0.3) is 0 Å². The van der Waals surface area contributed by atoms with Gasteiger partial charge in [0, 0.05) is 19.8 Å². The van der Waals surface area contributed by atoms with Gasteiger partial charge in [0.25, 0.3) is 0 Å². The van der Waals surface area contributed by atoms with Gasteiger partial charge >= 0.3 is 6.09 Å². The van der Waals surface area contributed by atoms with Crippen LogP contribution in [0.15, 0.2) is 18.2 Å². The molecule has 2 N–H and O–H groups in total. The molecule has 0 heterocycles. The minimum absolute atomic E-state index is 0.162.